The molecule has 1 aromatic heterocycles. The Morgan fingerprint density at radius 3 is 2.57 bits per heavy atom. The number of ether oxygens (including phenoxy) is 2. The van der Waals surface area contributed by atoms with Gasteiger partial charge >= 0.3 is 0 Å². The molecule has 1 aliphatic heterocycles. The van der Waals surface area contributed by atoms with Gasteiger partial charge in [-0.05, 0) is 49.9 Å². The highest BCUT2D eigenvalue weighted by atomic mass is 35.5. The van der Waals surface area contributed by atoms with Gasteiger partial charge in [-0.3, -0.25) is 14.5 Å². The van der Waals surface area contributed by atoms with E-state index in [9.17, 15) is 9.59 Å². The van der Waals surface area contributed by atoms with Crippen molar-refractivity contribution >= 4 is 45.6 Å². The van der Waals surface area contributed by atoms with Crippen LogP contribution in [0.2, 0.25) is 5.02 Å². The number of likely N-dealkylation sites (tertiary alicyclic amines) is 1. The minimum absolute atomic E-state index is 0.103. The lowest BCUT2D eigenvalue weighted by molar-refractivity contribution is 0.0677. The number of thiazole rings is 1. The van der Waals surface area contributed by atoms with Crippen LogP contribution in [0, 0.1) is 12.8 Å². The zero-order valence-corrected chi connectivity index (χ0v) is 21.8. The molecule has 0 radical (unpaired) electrons. The van der Waals surface area contributed by atoms with E-state index in [-0.39, 0.29) is 11.8 Å². The third kappa shape index (κ3) is 5.13. The second kappa shape index (κ2) is 10.7. The van der Waals surface area contributed by atoms with E-state index in [1.165, 1.54) is 23.3 Å². The fraction of sp³-hybridized carbons (Fsp3) is 0.346. The molecule has 9 heteroatoms. The Morgan fingerprint density at radius 1 is 1.14 bits per heavy atom. The summed E-state index contributed by atoms with van der Waals surface area (Å²) in [5.74, 6) is 0.994. The molecule has 184 valence electrons. The molecule has 1 atom stereocenters. The van der Waals surface area contributed by atoms with E-state index in [1.54, 1.807) is 49.6 Å². The second-order valence-corrected chi connectivity index (χ2v) is 10.1. The first-order chi connectivity index (χ1) is 16.8. The summed E-state index contributed by atoms with van der Waals surface area (Å²) in [6.07, 6.45) is 2.09. The molecule has 0 saturated carbocycles. The summed E-state index contributed by atoms with van der Waals surface area (Å²) in [5.41, 5.74) is 1.22. The maximum absolute atomic E-state index is 13.8. The minimum atomic E-state index is -0.359. The van der Waals surface area contributed by atoms with Crippen molar-refractivity contribution in [1.29, 1.82) is 0 Å². The van der Waals surface area contributed by atoms with Crippen molar-refractivity contribution in [2.45, 2.75) is 26.7 Å². The van der Waals surface area contributed by atoms with E-state index < -0.39 is 0 Å². The number of hydrogen-bond donors (Lipinski definition) is 0. The predicted octanol–water partition coefficient (Wildman–Crippen LogP) is 5.97. The van der Waals surface area contributed by atoms with Crippen LogP contribution in [0.3, 0.4) is 0 Å². The Labute approximate surface area is 214 Å². The van der Waals surface area contributed by atoms with Crippen LogP contribution in [0.15, 0.2) is 42.5 Å². The molecule has 1 fully saturated rings. The number of amides is 2. The first kappa shape index (κ1) is 25.0. The van der Waals surface area contributed by atoms with Crippen LogP contribution in [-0.2, 0) is 0 Å². The number of aromatic nitrogens is 1. The molecule has 0 spiro atoms. The van der Waals surface area contributed by atoms with Gasteiger partial charge in [-0.1, -0.05) is 30.7 Å². The molecule has 1 saturated heterocycles. The fourth-order valence-corrected chi connectivity index (χ4v) is 5.37. The lowest BCUT2D eigenvalue weighted by atomic mass is 10.00. The van der Waals surface area contributed by atoms with Gasteiger partial charge in [0.25, 0.3) is 11.8 Å². The average Bonchev–Trinajstić information content (AvgIpc) is 3.24. The van der Waals surface area contributed by atoms with Crippen molar-refractivity contribution in [2.24, 2.45) is 5.92 Å². The van der Waals surface area contributed by atoms with Crippen molar-refractivity contribution < 1.29 is 19.1 Å². The van der Waals surface area contributed by atoms with Gasteiger partial charge in [0.1, 0.15) is 5.69 Å². The van der Waals surface area contributed by atoms with Gasteiger partial charge in [0, 0.05) is 24.0 Å². The van der Waals surface area contributed by atoms with Gasteiger partial charge in [0.05, 0.1) is 30.5 Å². The molecule has 0 N–H and O–H groups in total. The Bertz CT molecular complexity index is 1250. The topological polar surface area (TPSA) is 72.0 Å². The third-order valence-electron chi connectivity index (χ3n) is 6.06. The minimum Gasteiger partial charge on any atom is -0.493 e. The van der Waals surface area contributed by atoms with E-state index in [0.29, 0.717) is 57.6 Å². The highest BCUT2D eigenvalue weighted by molar-refractivity contribution is 7.16. The van der Waals surface area contributed by atoms with Crippen LogP contribution in [0.5, 0.6) is 11.5 Å². The van der Waals surface area contributed by atoms with Gasteiger partial charge in [0.15, 0.2) is 16.6 Å². The maximum atomic E-state index is 13.8. The predicted molar refractivity (Wildman–Crippen MR) is 139 cm³/mol. The van der Waals surface area contributed by atoms with Crippen molar-refractivity contribution in [3.8, 4) is 11.5 Å². The molecule has 35 heavy (non-hydrogen) atoms. The number of carbonyl (C=O) groups excluding carboxylic acids is 2. The molecule has 0 aliphatic carbocycles. The number of hydrogen-bond acceptors (Lipinski definition) is 6. The van der Waals surface area contributed by atoms with Crippen molar-refractivity contribution in [3.05, 3.63) is 63.6 Å². The number of rotatable bonds is 6. The molecule has 2 aromatic carbocycles. The summed E-state index contributed by atoms with van der Waals surface area (Å²) in [5, 5.41) is 0.711. The molecule has 1 aliphatic rings. The van der Waals surface area contributed by atoms with E-state index in [1.807, 2.05) is 11.8 Å². The van der Waals surface area contributed by atoms with Crippen molar-refractivity contribution in [1.82, 2.24) is 9.88 Å². The fourth-order valence-electron chi connectivity index (χ4n) is 4.23. The van der Waals surface area contributed by atoms with Crippen LogP contribution in [-0.4, -0.2) is 49.0 Å². The average molecular weight is 514 g/mol. The molecule has 2 amide bonds. The molecular weight excluding hydrogens is 486 g/mol. The van der Waals surface area contributed by atoms with E-state index in [0.717, 1.165) is 17.7 Å². The molecular formula is C26H28ClN3O4S. The van der Waals surface area contributed by atoms with Crippen LogP contribution in [0.1, 0.15) is 45.5 Å². The lowest BCUT2D eigenvalue weighted by Gasteiger charge is -2.30. The molecule has 7 nitrogen and oxygen atoms in total. The van der Waals surface area contributed by atoms with Crippen LogP contribution in [0.25, 0.3) is 0 Å². The van der Waals surface area contributed by atoms with E-state index >= 15 is 0 Å². The number of aryl methyl sites for hydroxylation is 1. The number of methoxy groups -OCH3 is 2. The second-order valence-electron chi connectivity index (χ2n) is 8.56. The first-order valence-corrected chi connectivity index (χ1v) is 12.6. The number of nitrogens with zero attached hydrogens (tertiary/aromatic N) is 3. The van der Waals surface area contributed by atoms with E-state index in [2.05, 4.69) is 11.9 Å². The monoisotopic (exact) mass is 513 g/mol. The Morgan fingerprint density at radius 2 is 1.89 bits per heavy atom. The van der Waals surface area contributed by atoms with Gasteiger partial charge in [0.2, 0.25) is 0 Å². The number of carbonyl (C=O) groups is 2. The summed E-state index contributed by atoms with van der Waals surface area (Å²) < 4.78 is 10.8. The molecule has 2 heterocycles. The molecule has 4 rings (SSSR count). The van der Waals surface area contributed by atoms with Crippen molar-refractivity contribution in [2.75, 3.05) is 32.2 Å². The summed E-state index contributed by atoms with van der Waals surface area (Å²) in [6.45, 7) is 5.44. The van der Waals surface area contributed by atoms with Crippen molar-refractivity contribution in [3.63, 3.8) is 0 Å². The quantitative estimate of drug-likeness (QED) is 0.406. The van der Waals surface area contributed by atoms with Crippen LogP contribution < -0.4 is 14.4 Å². The van der Waals surface area contributed by atoms with Crippen LogP contribution >= 0.6 is 22.9 Å². The Kier molecular flexibility index (Phi) is 7.62. The van der Waals surface area contributed by atoms with Gasteiger partial charge in [-0.25, -0.2) is 4.98 Å². The first-order valence-electron chi connectivity index (χ1n) is 11.4. The number of halogens is 1. The number of benzene rings is 2. The Balaban J connectivity index is 1.79. The summed E-state index contributed by atoms with van der Waals surface area (Å²) in [6, 6.07) is 12.0. The SMILES string of the molecule is COc1ccc(N(C(=O)c2ccccc2Cl)c2nc(C(=O)N3CCCC(C)C3)c(C)s2)cc1OC. The Hall–Kier alpha value is -3.10. The standard InChI is InChI=1S/C26H28ClN3O4S/c1-16-8-7-13-29(15-16)25(32)23-17(2)35-26(28-23)30(24(31)19-9-5-6-10-20(19)27)18-11-12-21(33-3)22(14-18)34-4/h5-6,9-12,14,16H,7-8,13,15H2,1-4H3. The summed E-state index contributed by atoms with van der Waals surface area (Å²) in [4.78, 5) is 35.9. The molecule has 1 unspecified atom stereocenters. The zero-order chi connectivity index (χ0) is 25.1. The number of anilines is 2. The zero-order valence-electron chi connectivity index (χ0n) is 20.2. The molecule has 3 aromatic rings. The largest absolute Gasteiger partial charge is 0.493 e. The summed E-state index contributed by atoms with van der Waals surface area (Å²) >= 11 is 7.67. The maximum Gasteiger partial charge on any atom is 0.273 e. The van der Waals surface area contributed by atoms with Crippen LogP contribution in [0.4, 0.5) is 10.8 Å². The molecule has 0 bridgehead atoms. The smallest absolute Gasteiger partial charge is 0.273 e. The number of piperidine rings is 1. The van der Waals surface area contributed by atoms with E-state index in [4.69, 9.17) is 21.1 Å². The summed E-state index contributed by atoms with van der Waals surface area (Å²) in [7, 11) is 3.08. The van der Waals surface area contributed by atoms with Gasteiger partial charge < -0.3 is 14.4 Å². The third-order valence-corrected chi connectivity index (χ3v) is 7.34. The normalized spacial score (nSPS) is 15.6. The highest BCUT2D eigenvalue weighted by Crippen LogP contribution is 2.38. The van der Waals surface area contributed by atoms with Gasteiger partial charge in [-0.15, -0.1) is 11.3 Å². The van der Waals surface area contributed by atoms with Gasteiger partial charge in [-0.2, -0.15) is 0 Å². The lowest BCUT2D eigenvalue weighted by Crippen LogP contribution is -2.39. The highest BCUT2D eigenvalue weighted by Gasteiger charge is 2.30.